The van der Waals surface area contributed by atoms with E-state index in [2.05, 4.69) is 23.0 Å². The highest BCUT2D eigenvalue weighted by Gasteiger charge is 2.11. The molecule has 2 heterocycles. The SMILES string of the molecule is CCc1cccnc1-c1ncc(C(C)N)s1. The van der Waals surface area contributed by atoms with Crippen LogP contribution >= 0.6 is 11.3 Å². The van der Waals surface area contributed by atoms with Crippen LogP contribution in [0.5, 0.6) is 0 Å². The normalized spacial score (nSPS) is 12.7. The van der Waals surface area contributed by atoms with Gasteiger partial charge >= 0.3 is 0 Å². The second-order valence-electron chi connectivity index (χ2n) is 3.72. The molecule has 2 aromatic heterocycles. The van der Waals surface area contributed by atoms with Crippen LogP contribution < -0.4 is 5.73 Å². The van der Waals surface area contributed by atoms with Gasteiger partial charge in [0.1, 0.15) is 10.7 Å². The Morgan fingerprint density at radius 3 is 2.88 bits per heavy atom. The third-order valence-electron chi connectivity index (χ3n) is 2.45. The van der Waals surface area contributed by atoms with Crippen molar-refractivity contribution in [2.45, 2.75) is 26.3 Å². The minimum Gasteiger partial charge on any atom is -0.323 e. The first-order chi connectivity index (χ1) is 7.72. The smallest absolute Gasteiger partial charge is 0.142 e. The van der Waals surface area contributed by atoms with Crippen molar-refractivity contribution >= 4 is 11.3 Å². The van der Waals surface area contributed by atoms with E-state index in [0.29, 0.717) is 0 Å². The van der Waals surface area contributed by atoms with Crippen molar-refractivity contribution in [3.8, 4) is 10.7 Å². The van der Waals surface area contributed by atoms with Crippen LogP contribution in [0.25, 0.3) is 10.7 Å². The van der Waals surface area contributed by atoms with E-state index in [0.717, 1.165) is 22.0 Å². The van der Waals surface area contributed by atoms with Gasteiger partial charge < -0.3 is 5.73 Å². The fourth-order valence-electron chi connectivity index (χ4n) is 1.52. The second-order valence-corrected chi connectivity index (χ2v) is 4.78. The monoisotopic (exact) mass is 233 g/mol. The van der Waals surface area contributed by atoms with Gasteiger partial charge in [0, 0.05) is 23.3 Å². The van der Waals surface area contributed by atoms with Gasteiger partial charge in [-0.1, -0.05) is 13.0 Å². The molecule has 0 spiro atoms. The third kappa shape index (κ3) is 2.13. The molecular formula is C12H15N3S. The predicted octanol–water partition coefficient (Wildman–Crippen LogP) is 2.79. The van der Waals surface area contributed by atoms with Crippen LogP contribution in [-0.2, 0) is 6.42 Å². The van der Waals surface area contributed by atoms with E-state index < -0.39 is 0 Å². The van der Waals surface area contributed by atoms with Gasteiger partial charge in [-0.15, -0.1) is 11.3 Å². The van der Waals surface area contributed by atoms with Crippen molar-refractivity contribution in [3.05, 3.63) is 35.0 Å². The van der Waals surface area contributed by atoms with Crippen LogP contribution in [0.4, 0.5) is 0 Å². The fraction of sp³-hybridized carbons (Fsp3) is 0.333. The number of rotatable bonds is 3. The van der Waals surface area contributed by atoms with Gasteiger partial charge in [-0.05, 0) is 25.0 Å². The number of nitrogens with two attached hydrogens (primary N) is 1. The molecule has 0 amide bonds. The minimum absolute atomic E-state index is 0.0417. The van der Waals surface area contributed by atoms with E-state index in [-0.39, 0.29) is 6.04 Å². The van der Waals surface area contributed by atoms with Crippen LogP contribution in [0.1, 0.15) is 30.3 Å². The Hall–Kier alpha value is -1.26. The van der Waals surface area contributed by atoms with E-state index in [4.69, 9.17) is 5.73 Å². The molecular weight excluding hydrogens is 218 g/mol. The Bertz CT molecular complexity index is 477. The summed E-state index contributed by atoms with van der Waals surface area (Å²) >= 11 is 1.62. The molecule has 2 rings (SSSR count). The zero-order valence-corrected chi connectivity index (χ0v) is 10.3. The summed E-state index contributed by atoms with van der Waals surface area (Å²) in [7, 11) is 0. The summed E-state index contributed by atoms with van der Waals surface area (Å²) in [5.41, 5.74) is 8.04. The molecule has 4 heteroatoms. The van der Waals surface area contributed by atoms with E-state index in [1.54, 1.807) is 17.5 Å². The highest BCUT2D eigenvalue weighted by atomic mass is 32.1. The summed E-state index contributed by atoms with van der Waals surface area (Å²) in [5.74, 6) is 0. The lowest BCUT2D eigenvalue weighted by atomic mass is 10.1. The molecule has 0 fully saturated rings. The quantitative estimate of drug-likeness (QED) is 0.887. The van der Waals surface area contributed by atoms with Gasteiger partial charge in [0.05, 0.1) is 0 Å². The molecule has 1 atom stereocenters. The standard InChI is InChI=1S/C12H15N3S/c1-3-9-5-4-6-14-11(9)12-15-7-10(16-12)8(2)13/h4-8H,3,13H2,1-2H3. The Morgan fingerprint density at radius 1 is 1.44 bits per heavy atom. The Kier molecular flexibility index (Phi) is 3.31. The first-order valence-corrected chi connectivity index (χ1v) is 6.19. The molecule has 3 nitrogen and oxygen atoms in total. The van der Waals surface area contributed by atoms with Crippen LogP contribution in [-0.4, -0.2) is 9.97 Å². The maximum atomic E-state index is 5.83. The van der Waals surface area contributed by atoms with Gasteiger partial charge in [-0.3, -0.25) is 4.98 Å². The zero-order chi connectivity index (χ0) is 11.5. The number of thiazole rings is 1. The molecule has 0 radical (unpaired) electrons. The van der Waals surface area contributed by atoms with Gasteiger partial charge in [-0.2, -0.15) is 0 Å². The van der Waals surface area contributed by atoms with Crippen LogP contribution in [0, 0.1) is 0 Å². The Balaban J connectivity index is 2.42. The molecule has 0 saturated carbocycles. The maximum Gasteiger partial charge on any atom is 0.142 e. The zero-order valence-electron chi connectivity index (χ0n) is 9.47. The molecule has 0 bridgehead atoms. The first-order valence-electron chi connectivity index (χ1n) is 5.38. The maximum absolute atomic E-state index is 5.83. The lowest BCUT2D eigenvalue weighted by Crippen LogP contribution is -2.01. The fourth-order valence-corrected chi connectivity index (χ4v) is 2.42. The molecule has 16 heavy (non-hydrogen) atoms. The topological polar surface area (TPSA) is 51.8 Å². The van der Waals surface area contributed by atoms with E-state index in [1.807, 2.05) is 19.2 Å². The van der Waals surface area contributed by atoms with E-state index in [9.17, 15) is 0 Å². The van der Waals surface area contributed by atoms with Crippen molar-refractivity contribution in [1.82, 2.24) is 9.97 Å². The molecule has 1 unspecified atom stereocenters. The number of aryl methyl sites for hydroxylation is 1. The van der Waals surface area contributed by atoms with Gasteiger partial charge in [-0.25, -0.2) is 4.98 Å². The molecule has 0 aliphatic rings. The van der Waals surface area contributed by atoms with Gasteiger partial charge in [0.2, 0.25) is 0 Å². The van der Waals surface area contributed by atoms with Crippen LogP contribution in [0.2, 0.25) is 0 Å². The highest BCUT2D eigenvalue weighted by Crippen LogP contribution is 2.28. The van der Waals surface area contributed by atoms with Crippen molar-refractivity contribution in [3.63, 3.8) is 0 Å². The number of hydrogen-bond donors (Lipinski definition) is 1. The Labute approximate surface area is 99.4 Å². The number of hydrogen-bond acceptors (Lipinski definition) is 4. The third-order valence-corrected chi connectivity index (χ3v) is 3.65. The molecule has 0 aliphatic carbocycles. The predicted molar refractivity (Wildman–Crippen MR) is 67.3 cm³/mol. The summed E-state index contributed by atoms with van der Waals surface area (Å²) < 4.78 is 0. The summed E-state index contributed by atoms with van der Waals surface area (Å²) in [5, 5.41) is 0.963. The van der Waals surface area contributed by atoms with Gasteiger partial charge in [0.15, 0.2) is 0 Å². The molecule has 0 saturated heterocycles. The first kappa shape index (κ1) is 11.2. The summed E-state index contributed by atoms with van der Waals surface area (Å²) in [6, 6.07) is 4.09. The van der Waals surface area contributed by atoms with Crippen molar-refractivity contribution in [2.24, 2.45) is 5.73 Å². The molecule has 0 aromatic carbocycles. The average molecular weight is 233 g/mol. The lowest BCUT2D eigenvalue weighted by Gasteiger charge is -2.02. The molecule has 2 N–H and O–H groups in total. The largest absolute Gasteiger partial charge is 0.323 e. The number of aromatic nitrogens is 2. The van der Waals surface area contributed by atoms with Crippen molar-refractivity contribution in [2.75, 3.05) is 0 Å². The summed E-state index contributed by atoms with van der Waals surface area (Å²) in [6.45, 7) is 4.09. The van der Waals surface area contributed by atoms with Crippen molar-refractivity contribution in [1.29, 1.82) is 0 Å². The second kappa shape index (κ2) is 4.72. The van der Waals surface area contributed by atoms with E-state index in [1.165, 1.54) is 5.56 Å². The van der Waals surface area contributed by atoms with E-state index >= 15 is 0 Å². The van der Waals surface area contributed by atoms with Gasteiger partial charge in [0.25, 0.3) is 0 Å². The van der Waals surface area contributed by atoms with Crippen LogP contribution in [0.3, 0.4) is 0 Å². The minimum atomic E-state index is 0.0417. The number of pyridine rings is 1. The van der Waals surface area contributed by atoms with Crippen molar-refractivity contribution < 1.29 is 0 Å². The lowest BCUT2D eigenvalue weighted by molar-refractivity contribution is 0.835. The highest BCUT2D eigenvalue weighted by molar-refractivity contribution is 7.15. The summed E-state index contributed by atoms with van der Waals surface area (Å²) in [6.07, 6.45) is 4.62. The molecule has 0 aliphatic heterocycles. The molecule has 84 valence electrons. The average Bonchev–Trinajstić information content (AvgIpc) is 2.78. The molecule has 2 aromatic rings. The van der Waals surface area contributed by atoms with Crippen LogP contribution in [0.15, 0.2) is 24.5 Å². The number of nitrogens with zero attached hydrogens (tertiary/aromatic N) is 2. The summed E-state index contributed by atoms with van der Waals surface area (Å²) in [4.78, 5) is 9.89. The Morgan fingerprint density at radius 2 is 2.25 bits per heavy atom.